The Kier molecular flexibility index (Phi) is 5.52. The Labute approximate surface area is 150 Å². The molecule has 1 aliphatic heterocycles. The summed E-state index contributed by atoms with van der Waals surface area (Å²) in [6.45, 7) is 2.00. The number of carbonyl (C=O) groups is 1. The number of fused-ring (bicyclic) bond motifs is 1. The second-order valence-electron chi connectivity index (χ2n) is 5.64. The molecular formula is C15H19BrN4O3S. The van der Waals surface area contributed by atoms with Gasteiger partial charge in [0.05, 0.1) is 11.4 Å². The zero-order chi connectivity index (χ0) is 18.1. The highest BCUT2D eigenvalue weighted by molar-refractivity contribution is 9.10. The molecule has 0 aliphatic carbocycles. The number of nitriles is 1. The fraction of sp³-hybridized carbons (Fsp3) is 0.467. The predicted molar refractivity (Wildman–Crippen MR) is 96.1 cm³/mol. The van der Waals surface area contributed by atoms with E-state index in [0.717, 1.165) is 21.5 Å². The maximum Gasteiger partial charge on any atom is 0.306 e. The van der Waals surface area contributed by atoms with Gasteiger partial charge in [0.1, 0.15) is 6.07 Å². The van der Waals surface area contributed by atoms with E-state index >= 15 is 0 Å². The lowest BCUT2D eigenvalue weighted by atomic mass is 10.0. The number of hydrogen-bond donors (Lipinski definition) is 1. The Morgan fingerprint density at radius 1 is 1.46 bits per heavy atom. The van der Waals surface area contributed by atoms with E-state index < -0.39 is 16.4 Å². The Bertz CT molecular complexity index is 802. The topological polar surface area (TPSA) is 93.5 Å². The summed E-state index contributed by atoms with van der Waals surface area (Å²) in [6, 6.07) is 5.12. The van der Waals surface area contributed by atoms with E-state index in [1.54, 1.807) is 6.07 Å². The fourth-order valence-corrected chi connectivity index (χ4v) is 4.08. The normalized spacial score (nSPS) is 16.7. The summed E-state index contributed by atoms with van der Waals surface area (Å²) < 4.78 is 27.8. The van der Waals surface area contributed by atoms with Crippen LogP contribution in [0.4, 0.5) is 11.4 Å². The number of ketones is 1. The highest BCUT2D eigenvalue weighted by Crippen LogP contribution is 2.43. The minimum Gasteiger partial charge on any atom is -0.350 e. The maximum atomic E-state index is 12.6. The van der Waals surface area contributed by atoms with Crippen molar-refractivity contribution in [3.8, 4) is 6.07 Å². The molecule has 1 aromatic rings. The molecule has 0 fully saturated rings. The minimum absolute atomic E-state index is 0.0528. The molecule has 2 rings (SSSR count). The standard InChI is InChI=1S/C15H19BrN4O3S/c1-4-5-6-13(21)10-7-11(16)15-12(8-10)20(14(9-17)18-15)24(22,23)19(2)3/h7-8,14,18H,4-6H2,1-3H3. The van der Waals surface area contributed by atoms with Crippen LogP contribution < -0.4 is 9.62 Å². The molecule has 1 heterocycles. The number of unbranched alkanes of at least 4 members (excludes halogenated alkanes) is 1. The van der Waals surface area contributed by atoms with Crippen LogP contribution in [-0.2, 0) is 10.2 Å². The van der Waals surface area contributed by atoms with Crippen LogP contribution in [0.2, 0.25) is 0 Å². The smallest absolute Gasteiger partial charge is 0.306 e. The van der Waals surface area contributed by atoms with E-state index in [4.69, 9.17) is 0 Å². The summed E-state index contributed by atoms with van der Waals surface area (Å²) in [5.41, 5.74) is 1.21. The van der Waals surface area contributed by atoms with E-state index in [0.29, 0.717) is 27.8 Å². The summed E-state index contributed by atoms with van der Waals surface area (Å²) in [4.78, 5) is 12.3. The number of carbonyl (C=O) groups excluding carboxylic acids is 1. The van der Waals surface area contributed by atoms with Crippen molar-refractivity contribution in [2.24, 2.45) is 0 Å². The lowest BCUT2D eigenvalue weighted by molar-refractivity contribution is 0.0979. The summed E-state index contributed by atoms with van der Waals surface area (Å²) in [5, 5.41) is 12.2. The first kappa shape index (κ1) is 18.7. The Balaban J connectivity index is 2.55. The number of Topliss-reactive ketones (excluding diaryl/α,β-unsaturated/α-hetero) is 1. The molecule has 9 heteroatoms. The van der Waals surface area contributed by atoms with Gasteiger partial charge in [0.25, 0.3) is 0 Å². The SMILES string of the molecule is CCCCC(=O)c1cc(Br)c2c(c1)N(S(=O)(=O)N(C)C)C(C#N)N2. The van der Waals surface area contributed by atoms with Gasteiger partial charge >= 0.3 is 10.2 Å². The molecule has 1 unspecified atom stereocenters. The van der Waals surface area contributed by atoms with Gasteiger partial charge in [-0.05, 0) is 34.5 Å². The Morgan fingerprint density at radius 3 is 2.67 bits per heavy atom. The van der Waals surface area contributed by atoms with Gasteiger partial charge < -0.3 is 5.32 Å². The number of benzene rings is 1. The molecule has 0 radical (unpaired) electrons. The van der Waals surface area contributed by atoms with Crippen molar-refractivity contribution in [3.63, 3.8) is 0 Å². The molecule has 0 amide bonds. The fourth-order valence-electron chi connectivity index (χ4n) is 2.40. The molecule has 1 atom stereocenters. The monoisotopic (exact) mass is 414 g/mol. The molecule has 7 nitrogen and oxygen atoms in total. The summed E-state index contributed by atoms with van der Waals surface area (Å²) in [6.07, 6.45) is 1.00. The number of nitrogens with zero attached hydrogens (tertiary/aromatic N) is 3. The van der Waals surface area contributed by atoms with Crippen molar-refractivity contribution < 1.29 is 13.2 Å². The molecule has 1 N–H and O–H groups in total. The van der Waals surface area contributed by atoms with Gasteiger partial charge in [0, 0.05) is 30.6 Å². The van der Waals surface area contributed by atoms with Gasteiger partial charge in [-0.15, -0.1) is 0 Å². The lowest BCUT2D eigenvalue weighted by Crippen LogP contribution is -2.45. The van der Waals surface area contributed by atoms with Crippen LogP contribution >= 0.6 is 15.9 Å². The van der Waals surface area contributed by atoms with E-state index in [-0.39, 0.29) is 5.78 Å². The highest BCUT2D eigenvalue weighted by atomic mass is 79.9. The molecule has 130 valence electrons. The number of nitrogens with one attached hydrogen (secondary N) is 1. The number of anilines is 2. The Hall–Kier alpha value is -1.63. The lowest BCUT2D eigenvalue weighted by Gasteiger charge is -2.25. The summed E-state index contributed by atoms with van der Waals surface area (Å²) >= 11 is 3.36. The van der Waals surface area contributed by atoms with Gasteiger partial charge in [-0.1, -0.05) is 13.3 Å². The van der Waals surface area contributed by atoms with Gasteiger partial charge in [-0.2, -0.15) is 18.0 Å². The van der Waals surface area contributed by atoms with E-state index in [1.807, 2.05) is 13.0 Å². The van der Waals surface area contributed by atoms with Crippen LogP contribution in [0.5, 0.6) is 0 Å². The van der Waals surface area contributed by atoms with Gasteiger partial charge in [0.15, 0.2) is 5.78 Å². The highest BCUT2D eigenvalue weighted by Gasteiger charge is 2.40. The van der Waals surface area contributed by atoms with Gasteiger partial charge in [0.2, 0.25) is 6.17 Å². The third-order valence-electron chi connectivity index (χ3n) is 3.73. The zero-order valence-electron chi connectivity index (χ0n) is 13.7. The molecule has 0 bridgehead atoms. The van der Waals surface area contributed by atoms with Crippen LogP contribution in [-0.4, -0.2) is 38.8 Å². The number of rotatable bonds is 6. The summed E-state index contributed by atoms with van der Waals surface area (Å²) in [7, 11) is -1.09. The molecular weight excluding hydrogens is 396 g/mol. The van der Waals surface area contributed by atoms with Crippen LogP contribution in [0.15, 0.2) is 16.6 Å². The van der Waals surface area contributed by atoms with Gasteiger partial charge in [-0.25, -0.2) is 4.31 Å². The van der Waals surface area contributed by atoms with E-state index in [9.17, 15) is 18.5 Å². The van der Waals surface area contributed by atoms with Crippen LogP contribution in [0.3, 0.4) is 0 Å². The van der Waals surface area contributed by atoms with Crippen molar-refractivity contribution in [1.29, 1.82) is 5.26 Å². The van der Waals surface area contributed by atoms with E-state index in [1.165, 1.54) is 20.2 Å². The third-order valence-corrected chi connectivity index (χ3v) is 6.19. The van der Waals surface area contributed by atoms with E-state index in [2.05, 4.69) is 21.2 Å². The zero-order valence-corrected chi connectivity index (χ0v) is 16.1. The van der Waals surface area contributed by atoms with Crippen molar-refractivity contribution in [1.82, 2.24) is 4.31 Å². The number of hydrogen-bond acceptors (Lipinski definition) is 5. The molecule has 1 aromatic carbocycles. The van der Waals surface area contributed by atoms with Crippen molar-refractivity contribution in [2.45, 2.75) is 32.4 Å². The van der Waals surface area contributed by atoms with Crippen LogP contribution in [0.1, 0.15) is 36.5 Å². The maximum absolute atomic E-state index is 12.6. The average Bonchev–Trinajstić information content (AvgIpc) is 2.92. The van der Waals surface area contributed by atoms with Crippen molar-refractivity contribution >= 4 is 43.3 Å². The van der Waals surface area contributed by atoms with Crippen molar-refractivity contribution in [2.75, 3.05) is 23.7 Å². The quantitative estimate of drug-likeness (QED) is 0.722. The largest absolute Gasteiger partial charge is 0.350 e. The second-order valence-corrected chi connectivity index (χ2v) is 8.51. The summed E-state index contributed by atoms with van der Waals surface area (Å²) in [5.74, 6) is -0.0528. The first-order chi connectivity index (χ1) is 11.2. The molecule has 1 aliphatic rings. The van der Waals surface area contributed by atoms with Crippen molar-refractivity contribution in [3.05, 3.63) is 22.2 Å². The predicted octanol–water partition coefficient (Wildman–Crippen LogP) is 2.71. The Morgan fingerprint density at radius 2 is 2.12 bits per heavy atom. The average molecular weight is 415 g/mol. The van der Waals surface area contributed by atoms with Crippen LogP contribution in [0, 0.1) is 11.3 Å². The molecule has 0 saturated heterocycles. The first-order valence-electron chi connectivity index (χ1n) is 7.48. The molecule has 24 heavy (non-hydrogen) atoms. The second kappa shape index (κ2) is 7.09. The van der Waals surface area contributed by atoms with Crippen LogP contribution in [0.25, 0.3) is 0 Å². The molecule has 0 aromatic heterocycles. The molecule has 0 saturated carbocycles. The minimum atomic E-state index is -3.88. The number of halogens is 1. The third kappa shape index (κ3) is 3.27. The molecule has 0 spiro atoms. The first-order valence-corrected chi connectivity index (χ1v) is 9.67. The van der Waals surface area contributed by atoms with Gasteiger partial charge in [-0.3, -0.25) is 4.79 Å².